The van der Waals surface area contributed by atoms with Gasteiger partial charge in [-0.1, -0.05) is 18.2 Å². The Morgan fingerprint density at radius 3 is 2.55 bits per heavy atom. The van der Waals surface area contributed by atoms with Gasteiger partial charge in [-0.05, 0) is 42.3 Å². The Morgan fingerprint density at radius 1 is 1.10 bits per heavy atom. The third-order valence-corrected chi connectivity index (χ3v) is 4.69. The highest BCUT2D eigenvalue weighted by Gasteiger charge is 2.31. The second kappa shape index (κ2) is 8.25. The molecule has 0 N–H and O–H groups in total. The normalized spacial score (nSPS) is 13.9. The molecule has 1 amide bonds. The second-order valence-corrected chi connectivity index (χ2v) is 7.01. The molecule has 1 aliphatic rings. The molecule has 1 aromatic heterocycles. The van der Waals surface area contributed by atoms with Crippen molar-refractivity contribution in [2.75, 3.05) is 13.2 Å². The zero-order valence-corrected chi connectivity index (χ0v) is 16.5. The molecule has 0 unspecified atom stereocenters. The van der Waals surface area contributed by atoms with E-state index in [-0.39, 0.29) is 11.7 Å². The van der Waals surface area contributed by atoms with Gasteiger partial charge in [0.15, 0.2) is 0 Å². The highest BCUT2D eigenvalue weighted by molar-refractivity contribution is 5.98. The number of amides is 1. The third kappa shape index (κ3) is 4.93. The number of aryl methyl sites for hydroxylation is 1. The van der Waals surface area contributed by atoms with Crippen molar-refractivity contribution >= 4 is 5.91 Å². The number of halogens is 3. The van der Waals surface area contributed by atoms with Crippen LogP contribution in [0.5, 0.6) is 11.5 Å². The van der Waals surface area contributed by atoms with E-state index in [2.05, 4.69) is 14.7 Å². The molecule has 0 saturated carbocycles. The van der Waals surface area contributed by atoms with Gasteiger partial charge >= 0.3 is 6.36 Å². The van der Waals surface area contributed by atoms with Crippen molar-refractivity contribution in [1.82, 2.24) is 14.9 Å². The van der Waals surface area contributed by atoms with Crippen LogP contribution in [0.1, 0.15) is 21.7 Å². The Kier molecular flexibility index (Phi) is 5.50. The molecule has 1 aliphatic heterocycles. The van der Waals surface area contributed by atoms with E-state index >= 15 is 0 Å². The summed E-state index contributed by atoms with van der Waals surface area (Å²) in [7, 11) is 0. The van der Waals surface area contributed by atoms with Crippen LogP contribution in [0.15, 0.2) is 54.9 Å². The number of rotatable bonds is 4. The van der Waals surface area contributed by atoms with Gasteiger partial charge in [0, 0.05) is 6.20 Å². The van der Waals surface area contributed by atoms with E-state index in [4.69, 9.17) is 4.74 Å². The van der Waals surface area contributed by atoms with Crippen LogP contribution in [0.4, 0.5) is 13.2 Å². The highest BCUT2D eigenvalue weighted by atomic mass is 19.4. The van der Waals surface area contributed by atoms with Gasteiger partial charge in [0.25, 0.3) is 5.91 Å². The lowest BCUT2D eigenvalue weighted by Gasteiger charge is -2.19. The van der Waals surface area contributed by atoms with E-state index in [1.807, 2.05) is 6.92 Å². The van der Waals surface area contributed by atoms with Crippen molar-refractivity contribution in [3.05, 3.63) is 71.8 Å². The number of alkyl halides is 3. The topological polar surface area (TPSA) is 64.6 Å². The Hall–Kier alpha value is -3.62. The zero-order chi connectivity index (χ0) is 22.0. The SMILES string of the molecule is Cc1cncc(CN2CCOc3ccc(-c4ccc(OC(F)(F)F)cc4)cc3C2=O)n1. The lowest BCUT2D eigenvalue weighted by molar-refractivity contribution is -0.274. The van der Waals surface area contributed by atoms with Crippen LogP contribution in [0.2, 0.25) is 0 Å². The molecule has 9 heteroatoms. The number of carbonyl (C=O) groups excluding carboxylic acids is 1. The first kappa shape index (κ1) is 20.6. The lowest BCUT2D eigenvalue weighted by Crippen LogP contribution is -2.32. The summed E-state index contributed by atoms with van der Waals surface area (Å²) >= 11 is 0. The van der Waals surface area contributed by atoms with Gasteiger partial charge in [-0.2, -0.15) is 0 Å². The number of hydrogen-bond donors (Lipinski definition) is 0. The van der Waals surface area contributed by atoms with Crippen LogP contribution < -0.4 is 9.47 Å². The standard InChI is InChI=1S/C22H18F3N3O3/c1-14-11-26-12-17(27-14)13-28-8-9-30-20-7-4-16(10-19(20)21(28)29)15-2-5-18(6-3-15)31-22(23,24)25/h2-7,10-12H,8-9,13H2,1H3. The molecule has 0 fully saturated rings. The third-order valence-electron chi connectivity index (χ3n) is 4.69. The van der Waals surface area contributed by atoms with E-state index in [9.17, 15) is 18.0 Å². The Balaban J connectivity index is 1.59. The maximum atomic E-state index is 13.2. The molecule has 0 atom stereocenters. The van der Waals surface area contributed by atoms with Crippen LogP contribution in [0.25, 0.3) is 11.1 Å². The number of aromatic nitrogens is 2. The number of carbonyl (C=O) groups is 1. The van der Waals surface area contributed by atoms with Crippen molar-refractivity contribution in [2.24, 2.45) is 0 Å². The molecule has 0 radical (unpaired) electrons. The fourth-order valence-electron chi connectivity index (χ4n) is 3.33. The molecule has 0 bridgehead atoms. The van der Waals surface area contributed by atoms with Crippen molar-refractivity contribution in [2.45, 2.75) is 19.8 Å². The monoisotopic (exact) mass is 429 g/mol. The molecule has 160 valence electrons. The fourth-order valence-corrected chi connectivity index (χ4v) is 3.33. The highest BCUT2D eigenvalue weighted by Crippen LogP contribution is 2.31. The fraction of sp³-hybridized carbons (Fsp3) is 0.227. The molecule has 2 heterocycles. The van der Waals surface area contributed by atoms with Gasteiger partial charge < -0.3 is 14.4 Å². The molecular formula is C22H18F3N3O3. The first-order chi connectivity index (χ1) is 14.8. The summed E-state index contributed by atoms with van der Waals surface area (Å²) in [5.41, 5.74) is 3.13. The van der Waals surface area contributed by atoms with Crippen LogP contribution in [-0.4, -0.2) is 40.3 Å². The van der Waals surface area contributed by atoms with Crippen molar-refractivity contribution in [1.29, 1.82) is 0 Å². The summed E-state index contributed by atoms with van der Waals surface area (Å²) in [6.07, 6.45) is -1.49. The number of nitrogens with zero attached hydrogens (tertiary/aromatic N) is 3. The predicted molar refractivity (Wildman–Crippen MR) is 106 cm³/mol. The largest absolute Gasteiger partial charge is 0.573 e. The summed E-state index contributed by atoms with van der Waals surface area (Å²) in [4.78, 5) is 23.3. The quantitative estimate of drug-likeness (QED) is 0.616. The first-order valence-electron chi connectivity index (χ1n) is 9.48. The molecule has 3 aromatic rings. The van der Waals surface area contributed by atoms with Crippen molar-refractivity contribution < 1.29 is 27.4 Å². The number of hydrogen-bond acceptors (Lipinski definition) is 5. The smallest absolute Gasteiger partial charge is 0.491 e. The molecule has 0 spiro atoms. The summed E-state index contributed by atoms with van der Waals surface area (Å²) in [5.74, 6) is -0.0610. The maximum Gasteiger partial charge on any atom is 0.573 e. The second-order valence-electron chi connectivity index (χ2n) is 7.01. The Morgan fingerprint density at radius 2 is 1.84 bits per heavy atom. The average molecular weight is 429 g/mol. The van der Waals surface area contributed by atoms with E-state index < -0.39 is 6.36 Å². The van der Waals surface area contributed by atoms with Crippen LogP contribution in [0, 0.1) is 6.92 Å². The number of ether oxygens (including phenoxy) is 2. The van der Waals surface area contributed by atoms with Gasteiger partial charge in [-0.3, -0.25) is 14.8 Å². The minimum atomic E-state index is -4.75. The van der Waals surface area contributed by atoms with Crippen molar-refractivity contribution in [3.8, 4) is 22.6 Å². The van der Waals surface area contributed by atoms with Crippen molar-refractivity contribution in [3.63, 3.8) is 0 Å². The van der Waals surface area contributed by atoms with E-state index in [0.717, 1.165) is 5.69 Å². The first-order valence-corrected chi connectivity index (χ1v) is 9.48. The zero-order valence-electron chi connectivity index (χ0n) is 16.5. The summed E-state index contributed by atoms with van der Waals surface area (Å²) in [5, 5.41) is 0. The van der Waals surface area contributed by atoms with Crippen LogP contribution >= 0.6 is 0 Å². The van der Waals surface area contributed by atoms with Gasteiger partial charge in [0.05, 0.1) is 36.2 Å². The maximum absolute atomic E-state index is 13.2. The molecule has 0 saturated heterocycles. The molecule has 4 rings (SSSR count). The van der Waals surface area contributed by atoms with E-state index in [1.165, 1.54) is 24.3 Å². The molecule has 6 nitrogen and oxygen atoms in total. The molecular weight excluding hydrogens is 411 g/mol. The van der Waals surface area contributed by atoms with Gasteiger partial charge in [0.2, 0.25) is 0 Å². The summed E-state index contributed by atoms with van der Waals surface area (Å²) < 4.78 is 46.7. The van der Waals surface area contributed by atoms with Gasteiger partial charge in [-0.25, -0.2) is 0 Å². The molecule has 2 aromatic carbocycles. The number of fused-ring (bicyclic) bond motifs is 1. The average Bonchev–Trinajstić information content (AvgIpc) is 2.86. The molecule has 0 aliphatic carbocycles. The van der Waals surface area contributed by atoms with Gasteiger partial charge in [-0.15, -0.1) is 13.2 Å². The Labute approximate surface area is 176 Å². The van der Waals surface area contributed by atoms with E-state index in [1.54, 1.807) is 35.5 Å². The predicted octanol–water partition coefficient (Wildman–Crippen LogP) is 4.39. The summed E-state index contributed by atoms with van der Waals surface area (Å²) in [6.45, 7) is 2.85. The molecule has 31 heavy (non-hydrogen) atoms. The number of benzene rings is 2. The van der Waals surface area contributed by atoms with E-state index in [0.29, 0.717) is 47.8 Å². The van der Waals surface area contributed by atoms with Crippen LogP contribution in [0.3, 0.4) is 0 Å². The van der Waals surface area contributed by atoms with Gasteiger partial charge in [0.1, 0.15) is 18.1 Å². The summed E-state index contributed by atoms with van der Waals surface area (Å²) in [6, 6.07) is 10.6. The Bertz CT molecular complexity index is 1100. The lowest BCUT2D eigenvalue weighted by atomic mass is 10.0. The minimum absolute atomic E-state index is 0.213. The van der Waals surface area contributed by atoms with Crippen LogP contribution in [-0.2, 0) is 6.54 Å². The minimum Gasteiger partial charge on any atom is -0.491 e.